The smallest absolute Gasteiger partial charge is 0.413 e. The van der Waals surface area contributed by atoms with Gasteiger partial charge in [-0.25, -0.2) is 4.79 Å². The van der Waals surface area contributed by atoms with E-state index in [-0.39, 0.29) is 17.4 Å². The highest BCUT2D eigenvalue weighted by atomic mass is 32.1. The van der Waals surface area contributed by atoms with Gasteiger partial charge in [0, 0.05) is 17.8 Å². The molecule has 1 rings (SSSR count). The summed E-state index contributed by atoms with van der Waals surface area (Å²) < 4.78 is 4.63. The molecule has 0 saturated carbocycles. The molecule has 0 saturated heterocycles. The van der Waals surface area contributed by atoms with E-state index in [0.717, 1.165) is 0 Å². The molecule has 0 aliphatic carbocycles. The van der Waals surface area contributed by atoms with Gasteiger partial charge in [-0.3, -0.25) is 15.4 Å². The maximum absolute atomic E-state index is 11.0. The van der Waals surface area contributed by atoms with Crippen LogP contribution in [0.3, 0.4) is 0 Å². The maximum atomic E-state index is 11.0. The molecule has 0 radical (unpaired) electrons. The number of hydrogen-bond donors (Lipinski definition) is 2. The van der Waals surface area contributed by atoms with Gasteiger partial charge >= 0.3 is 6.09 Å². The number of ether oxygens (including phenoxy) is 1. The fraction of sp³-hybridized carbons (Fsp3) is 0.200. The van der Waals surface area contributed by atoms with E-state index in [0.29, 0.717) is 5.69 Å². The molecule has 0 atom stereocenters. The summed E-state index contributed by atoms with van der Waals surface area (Å²) in [5.74, 6) is 0. The molecule has 2 N–H and O–H groups in total. The second-order valence-corrected chi connectivity index (χ2v) is 3.52. The van der Waals surface area contributed by atoms with Crippen molar-refractivity contribution in [1.82, 2.24) is 5.32 Å². The Labute approximate surface area is 108 Å². The van der Waals surface area contributed by atoms with Crippen LogP contribution in [0.2, 0.25) is 0 Å². The number of anilines is 1. The van der Waals surface area contributed by atoms with Crippen molar-refractivity contribution >= 4 is 34.8 Å². The highest BCUT2D eigenvalue weighted by Crippen LogP contribution is 2.16. The van der Waals surface area contributed by atoms with E-state index in [4.69, 9.17) is 12.2 Å². The predicted molar refractivity (Wildman–Crippen MR) is 69.5 cm³/mol. The number of benzene rings is 1. The summed E-state index contributed by atoms with van der Waals surface area (Å²) in [7, 11) is 0. The van der Waals surface area contributed by atoms with Gasteiger partial charge in [-0.15, -0.1) is 0 Å². The lowest BCUT2D eigenvalue weighted by atomic mass is 10.3. The zero-order valence-corrected chi connectivity index (χ0v) is 10.3. The van der Waals surface area contributed by atoms with Crippen LogP contribution in [0.15, 0.2) is 24.3 Å². The standard InChI is InChI=1S/C10H11N3O4S/c1-2-17-10(14)12-9(18)11-7-4-3-5-8(6-7)13(15)16/h3-6H,2H2,1H3,(H2,11,12,14,18). The van der Waals surface area contributed by atoms with Crippen LogP contribution < -0.4 is 10.6 Å². The molecule has 1 amide bonds. The molecule has 0 heterocycles. The van der Waals surface area contributed by atoms with Gasteiger partial charge in [0.2, 0.25) is 0 Å². The third kappa shape index (κ3) is 4.34. The lowest BCUT2D eigenvalue weighted by Gasteiger charge is -2.08. The maximum Gasteiger partial charge on any atom is 0.413 e. The molecule has 0 unspecified atom stereocenters. The van der Waals surface area contributed by atoms with Crippen LogP contribution in [0.5, 0.6) is 0 Å². The molecular formula is C10H11N3O4S. The van der Waals surface area contributed by atoms with E-state index in [9.17, 15) is 14.9 Å². The van der Waals surface area contributed by atoms with Crippen LogP contribution in [0.1, 0.15) is 6.92 Å². The third-order valence-corrected chi connectivity index (χ3v) is 2.01. The number of carbonyl (C=O) groups excluding carboxylic acids is 1. The molecule has 96 valence electrons. The first-order chi connectivity index (χ1) is 8.52. The second kappa shape index (κ2) is 6.50. The van der Waals surface area contributed by atoms with Crippen LogP contribution in [-0.4, -0.2) is 22.7 Å². The minimum atomic E-state index is -0.680. The molecule has 0 bridgehead atoms. The monoisotopic (exact) mass is 269 g/mol. The van der Waals surface area contributed by atoms with Gasteiger partial charge in [-0.1, -0.05) is 6.07 Å². The quantitative estimate of drug-likeness (QED) is 0.495. The number of non-ortho nitro benzene ring substituents is 1. The van der Waals surface area contributed by atoms with Crippen LogP contribution in [-0.2, 0) is 4.74 Å². The fourth-order valence-electron chi connectivity index (χ4n) is 1.12. The second-order valence-electron chi connectivity index (χ2n) is 3.11. The van der Waals surface area contributed by atoms with E-state index in [1.807, 2.05) is 0 Å². The van der Waals surface area contributed by atoms with Gasteiger partial charge in [-0.2, -0.15) is 0 Å². The van der Waals surface area contributed by atoms with E-state index >= 15 is 0 Å². The summed E-state index contributed by atoms with van der Waals surface area (Å²) in [5, 5.41) is 15.5. The third-order valence-electron chi connectivity index (χ3n) is 1.81. The van der Waals surface area contributed by atoms with Crippen LogP contribution in [0, 0.1) is 10.1 Å². The van der Waals surface area contributed by atoms with Crippen molar-refractivity contribution in [2.24, 2.45) is 0 Å². The number of nitrogens with zero attached hydrogens (tertiary/aromatic N) is 1. The number of nitro benzene ring substituents is 1. The average molecular weight is 269 g/mol. The molecule has 0 aliphatic heterocycles. The molecule has 1 aromatic carbocycles. The Bertz CT molecular complexity index is 478. The Balaban J connectivity index is 2.62. The topological polar surface area (TPSA) is 93.5 Å². The van der Waals surface area contributed by atoms with Crippen LogP contribution in [0.25, 0.3) is 0 Å². The molecule has 1 aromatic rings. The molecule has 18 heavy (non-hydrogen) atoms. The number of rotatable bonds is 3. The normalized spacial score (nSPS) is 9.39. The number of nitrogens with one attached hydrogen (secondary N) is 2. The Morgan fingerprint density at radius 1 is 1.56 bits per heavy atom. The van der Waals surface area contributed by atoms with Gasteiger partial charge in [0.25, 0.3) is 5.69 Å². The highest BCUT2D eigenvalue weighted by molar-refractivity contribution is 7.80. The van der Waals surface area contributed by atoms with Crippen LogP contribution >= 0.6 is 12.2 Å². The Hall–Kier alpha value is -2.22. The largest absolute Gasteiger partial charge is 0.450 e. The first-order valence-electron chi connectivity index (χ1n) is 5.02. The number of thiocarbonyl (C=S) groups is 1. The van der Waals surface area contributed by atoms with Crippen molar-refractivity contribution in [2.75, 3.05) is 11.9 Å². The molecule has 0 aliphatic rings. The lowest BCUT2D eigenvalue weighted by molar-refractivity contribution is -0.384. The predicted octanol–water partition coefficient (Wildman–Crippen LogP) is 2.04. The summed E-state index contributed by atoms with van der Waals surface area (Å²) >= 11 is 4.84. The van der Waals surface area contributed by atoms with E-state index in [1.54, 1.807) is 13.0 Å². The summed E-state index contributed by atoms with van der Waals surface area (Å²) in [6.07, 6.45) is -0.680. The minimum Gasteiger partial charge on any atom is -0.450 e. The fourth-order valence-corrected chi connectivity index (χ4v) is 1.32. The van der Waals surface area contributed by atoms with E-state index < -0.39 is 11.0 Å². The lowest BCUT2D eigenvalue weighted by Crippen LogP contribution is -2.34. The molecule has 8 heteroatoms. The van der Waals surface area contributed by atoms with Gasteiger partial charge < -0.3 is 10.1 Å². The Morgan fingerprint density at radius 3 is 2.89 bits per heavy atom. The van der Waals surface area contributed by atoms with Gasteiger partial charge in [0.05, 0.1) is 11.5 Å². The van der Waals surface area contributed by atoms with Crippen molar-refractivity contribution in [3.05, 3.63) is 34.4 Å². The van der Waals surface area contributed by atoms with Crippen molar-refractivity contribution in [3.8, 4) is 0 Å². The molecule has 0 fully saturated rings. The first kappa shape index (κ1) is 13.8. The number of hydrogen-bond acceptors (Lipinski definition) is 5. The molecule has 7 nitrogen and oxygen atoms in total. The first-order valence-corrected chi connectivity index (χ1v) is 5.43. The Morgan fingerprint density at radius 2 is 2.28 bits per heavy atom. The summed E-state index contributed by atoms with van der Waals surface area (Å²) in [5.41, 5.74) is 0.338. The summed E-state index contributed by atoms with van der Waals surface area (Å²) in [4.78, 5) is 21.1. The molecule has 0 spiro atoms. The zero-order valence-electron chi connectivity index (χ0n) is 9.50. The van der Waals surface area contributed by atoms with Gasteiger partial charge in [0.15, 0.2) is 5.11 Å². The number of alkyl carbamates (subject to hydrolysis) is 1. The van der Waals surface area contributed by atoms with Crippen LogP contribution in [0.4, 0.5) is 16.2 Å². The van der Waals surface area contributed by atoms with Crippen molar-refractivity contribution in [3.63, 3.8) is 0 Å². The SMILES string of the molecule is CCOC(=O)NC(=S)Nc1cccc([N+](=O)[O-])c1. The minimum absolute atomic E-state index is 0.00829. The average Bonchev–Trinajstić information content (AvgIpc) is 2.29. The van der Waals surface area contributed by atoms with Gasteiger partial charge in [-0.05, 0) is 25.2 Å². The van der Waals surface area contributed by atoms with Crippen molar-refractivity contribution < 1.29 is 14.5 Å². The molecular weight excluding hydrogens is 258 g/mol. The number of amides is 1. The Kier molecular flexibility index (Phi) is 5.00. The number of nitro groups is 1. The van der Waals surface area contributed by atoms with Gasteiger partial charge in [0.1, 0.15) is 0 Å². The highest BCUT2D eigenvalue weighted by Gasteiger charge is 2.08. The molecule has 0 aromatic heterocycles. The van der Waals surface area contributed by atoms with E-state index in [2.05, 4.69) is 15.4 Å². The van der Waals surface area contributed by atoms with E-state index in [1.165, 1.54) is 18.2 Å². The summed E-state index contributed by atoms with van der Waals surface area (Å²) in [6.45, 7) is 1.89. The number of carbonyl (C=O) groups is 1. The van der Waals surface area contributed by atoms with Crippen molar-refractivity contribution in [1.29, 1.82) is 0 Å². The zero-order chi connectivity index (χ0) is 13.5. The van der Waals surface area contributed by atoms with Crippen molar-refractivity contribution in [2.45, 2.75) is 6.92 Å². The summed E-state index contributed by atoms with van der Waals surface area (Å²) in [6, 6.07) is 5.76.